The molecule has 0 saturated heterocycles. The van der Waals surface area contributed by atoms with Gasteiger partial charge in [-0.25, -0.2) is 0 Å². The van der Waals surface area contributed by atoms with Crippen molar-refractivity contribution in [1.29, 1.82) is 0 Å². The number of rotatable bonds is 10. The molecule has 0 rings (SSSR count). The molecule has 92 valence electrons. The van der Waals surface area contributed by atoms with E-state index in [1.54, 1.807) is 0 Å². The zero-order chi connectivity index (χ0) is 11.5. The molecule has 0 amide bonds. The number of likely N-dealkylation sites (N-methyl/N-ethyl adjacent to an activating group) is 1. The highest BCUT2D eigenvalue weighted by atomic mass is 32.2. The van der Waals surface area contributed by atoms with Gasteiger partial charge in [0.05, 0.1) is 12.7 Å². The number of hydrogen-bond donors (Lipinski definition) is 2. The Labute approximate surface area is 97.9 Å². The Hall–Kier alpha value is 0.230. The summed E-state index contributed by atoms with van der Waals surface area (Å²) in [6.45, 7) is 6.69. The maximum Gasteiger partial charge on any atom is 0.0897 e. The first-order valence-electron chi connectivity index (χ1n) is 5.83. The first-order valence-corrected chi connectivity index (χ1v) is 6.99. The van der Waals surface area contributed by atoms with E-state index >= 15 is 0 Å². The lowest BCUT2D eigenvalue weighted by atomic mass is 10.3. The van der Waals surface area contributed by atoms with E-state index in [1.807, 2.05) is 11.8 Å². The predicted octanol–water partition coefficient (Wildman–Crippen LogP) is 1.19. The molecule has 1 unspecified atom stereocenters. The van der Waals surface area contributed by atoms with Crippen molar-refractivity contribution in [3.05, 3.63) is 0 Å². The third kappa shape index (κ3) is 9.18. The second-order valence-electron chi connectivity index (χ2n) is 3.70. The van der Waals surface area contributed by atoms with E-state index in [-0.39, 0.29) is 6.61 Å². The van der Waals surface area contributed by atoms with Crippen LogP contribution in [-0.2, 0) is 0 Å². The summed E-state index contributed by atoms with van der Waals surface area (Å²) in [5.74, 6) is 2.44. The van der Waals surface area contributed by atoms with Gasteiger partial charge in [-0.2, -0.15) is 11.8 Å². The highest BCUT2D eigenvalue weighted by Crippen LogP contribution is 2.05. The molecule has 4 heteroatoms. The first-order chi connectivity index (χ1) is 7.24. The Morgan fingerprint density at radius 3 is 2.53 bits per heavy atom. The number of thioether (sulfide) groups is 1. The largest absolute Gasteiger partial charge is 0.394 e. The van der Waals surface area contributed by atoms with Crippen LogP contribution in [0.5, 0.6) is 0 Å². The van der Waals surface area contributed by atoms with Crippen LogP contribution < -0.4 is 0 Å². The Balaban J connectivity index is 3.44. The van der Waals surface area contributed by atoms with E-state index in [0.29, 0.717) is 6.54 Å². The molecule has 15 heavy (non-hydrogen) atoms. The van der Waals surface area contributed by atoms with Gasteiger partial charge in [-0.05, 0) is 37.4 Å². The van der Waals surface area contributed by atoms with Gasteiger partial charge in [0.25, 0.3) is 0 Å². The molecule has 0 saturated carbocycles. The number of nitrogens with zero attached hydrogens (tertiary/aromatic N) is 1. The van der Waals surface area contributed by atoms with E-state index in [1.165, 1.54) is 17.9 Å². The van der Waals surface area contributed by atoms with Crippen molar-refractivity contribution < 1.29 is 10.2 Å². The van der Waals surface area contributed by atoms with Gasteiger partial charge in [0.1, 0.15) is 0 Å². The third-order valence-electron chi connectivity index (χ3n) is 2.24. The minimum Gasteiger partial charge on any atom is -0.394 e. The van der Waals surface area contributed by atoms with Crippen LogP contribution in [-0.4, -0.2) is 59.0 Å². The summed E-state index contributed by atoms with van der Waals surface area (Å²) < 4.78 is 0. The molecule has 0 aromatic heterocycles. The van der Waals surface area contributed by atoms with Crippen molar-refractivity contribution >= 4 is 11.8 Å². The summed E-state index contributed by atoms with van der Waals surface area (Å²) >= 11 is 1.99. The van der Waals surface area contributed by atoms with Crippen molar-refractivity contribution in [2.45, 2.75) is 32.8 Å². The fraction of sp³-hybridized carbons (Fsp3) is 1.00. The maximum absolute atomic E-state index is 9.30. The van der Waals surface area contributed by atoms with Crippen molar-refractivity contribution in [3.8, 4) is 0 Å². The standard InChI is InChI=1S/C11H25NO2S/c1-3-7-15-8-5-6-12(4-2)9-11(14)10-13/h11,13-14H,3-10H2,1-2H3. The summed E-state index contributed by atoms with van der Waals surface area (Å²) in [5, 5.41) is 18.0. The van der Waals surface area contributed by atoms with Gasteiger partial charge in [0.15, 0.2) is 0 Å². The fourth-order valence-corrected chi connectivity index (χ4v) is 2.20. The SMILES string of the molecule is CCCSCCCN(CC)CC(O)CO. The average Bonchev–Trinajstić information content (AvgIpc) is 2.26. The molecule has 0 aliphatic carbocycles. The van der Waals surface area contributed by atoms with Gasteiger partial charge in [0, 0.05) is 6.54 Å². The van der Waals surface area contributed by atoms with E-state index < -0.39 is 6.10 Å². The topological polar surface area (TPSA) is 43.7 Å². The Morgan fingerprint density at radius 2 is 2.00 bits per heavy atom. The lowest BCUT2D eigenvalue weighted by Gasteiger charge is -2.22. The molecule has 3 nitrogen and oxygen atoms in total. The second kappa shape index (κ2) is 10.7. The van der Waals surface area contributed by atoms with E-state index in [9.17, 15) is 5.11 Å². The average molecular weight is 235 g/mol. The van der Waals surface area contributed by atoms with Gasteiger partial charge in [-0.1, -0.05) is 13.8 Å². The molecule has 0 aromatic rings. The molecule has 1 atom stereocenters. The first kappa shape index (κ1) is 15.2. The molecule has 0 radical (unpaired) electrons. The Morgan fingerprint density at radius 1 is 1.27 bits per heavy atom. The van der Waals surface area contributed by atoms with Crippen molar-refractivity contribution in [2.75, 3.05) is 37.7 Å². The quantitative estimate of drug-likeness (QED) is 0.558. The summed E-state index contributed by atoms with van der Waals surface area (Å²) in [5.41, 5.74) is 0. The van der Waals surface area contributed by atoms with Gasteiger partial charge >= 0.3 is 0 Å². The molecule has 0 aliphatic rings. The normalized spacial score (nSPS) is 13.4. The van der Waals surface area contributed by atoms with E-state index in [2.05, 4.69) is 18.7 Å². The monoisotopic (exact) mass is 235 g/mol. The lowest BCUT2D eigenvalue weighted by molar-refractivity contribution is 0.0608. The van der Waals surface area contributed by atoms with Crippen LogP contribution >= 0.6 is 11.8 Å². The molecule has 0 spiro atoms. The minimum absolute atomic E-state index is 0.138. The zero-order valence-electron chi connectivity index (χ0n) is 9.98. The van der Waals surface area contributed by atoms with Gasteiger partial charge in [-0.15, -0.1) is 0 Å². The third-order valence-corrected chi connectivity index (χ3v) is 3.51. The summed E-state index contributed by atoms with van der Waals surface area (Å²) in [4.78, 5) is 2.19. The van der Waals surface area contributed by atoms with Crippen LogP contribution in [0.25, 0.3) is 0 Å². The lowest BCUT2D eigenvalue weighted by Crippen LogP contribution is -2.35. The molecule has 0 aromatic carbocycles. The van der Waals surface area contributed by atoms with Crippen molar-refractivity contribution in [1.82, 2.24) is 4.90 Å². The predicted molar refractivity (Wildman–Crippen MR) is 67.4 cm³/mol. The fourth-order valence-electron chi connectivity index (χ4n) is 1.37. The van der Waals surface area contributed by atoms with Crippen LogP contribution in [0.15, 0.2) is 0 Å². The maximum atomic E-state index is 9.30. The number of hydrogen-bond acceptors (Lipinski definition) is 4. The van der Waals surface area contributed by atoms with Crippen LogP contribution in [0.3, 0.4) is 0 Å². The number of aliphatic hydroxyl groups is 2. The highest BCUT2D eigenvalue weighted by molar-refractivity contribution is 7.99. The summed E-state index contributed by atoms with van der Waals surface area (Å²) in [6, 6.07) is 0. The summed E-state index contributed by atoms with van der Waals surface area (Å²) in [7, 11) is 0. The molecule has 2 N–H and O–H groups in total. The van der Waals surface area contributed by atoms with Gasteiger partial charge < -0.3 is 15.1 Å². The van der Waals surface area contributed by atoms with Crippen molar-refractivity contribution in [2.24, 2.45) is 0 Å². The van der Waals surface area contributed by atoms with Crippen LogP contribution in [0.4, 0.5) is 0 Å². The van der Waals surface area contributed by atoms with Crippen molar-refractivity contribution in [3.63, 3.8) is 0 Å². The molecular formula is C11H25NO2S. The molecule has 0 bridgehead atoms. The Bertz CT molecular complexity index is 136. The zero-order valence-corrected chi connectivity index (χ0v) is 10.8. The second-order valence-corrected chi connectivity index (χ2v) is 4.92. The minimum atomic E-state index is -0.590. The highest BCUT2D eigenvalue weighted by Gasteiger charge is 2.08. The molecule has 0 aliphatic heterocycles. The Kier molecular flexibility index (Phi) is 10.9. The van der Waals surface area contributed by atoms with Crippen LogP contribution in [0.1, 0.15) is 26.7 Å². The van der Waals surface area contributed by atoms with Gasteiger partial charge in [0.2, 0.25) is 0 Å². The van der Waals surface area contributed by atoms with Crippen LogP contribution in [0.2, 0.25) is 0 Å². The van der Waals surface area contributed by atoms with Gasteiger partial charge in [-0.3, -0.25) is 0 Å². The summed E-state index contributed by atoms with van der Waals surface area (Å²) in [6.07, 6.45) is 1.82. The van der Waals surface area contributed by atoms with E-state index in [0.717, 1.165) is 19.5 Å². The number of aliphatic hydroxyl groups excluding tert-OH is 2. The molecule has 0 heterocycles. The molecular weight excluding hydrogens is 210 g/mol. The smallest absolute Gasteiger partial charge is 0.0897 e. The molecule has 0 fully saturated rings. The van der Waals surface area contributed by atoms with Crippen LogP contribution in [0, 0.1) is 0 Å². The van der Waals surface area contributed by atoms with E-state index in [4.69, 9.17) is 5.11 Å².